The first-order valence-corrected chi connectivity index (χ1v) is 7.43. The Morgan fingerprint density at radius 2 is 1.90 bits per heavy atom. The Hall–Kier alpha value is -1.33. The number of methoxy groups -OCH3 is 1. The first-order chi connectivity index (χ1) is 9.65. The van der Waals surface area contributed by atoms with Gasteiger partial charge in [-0.1, -0.05) is 34.1 Å². The summed E-state index contributed by atoms with van der Waals surface area (Å²) in [7, 11) is 1.54. The predicted octanol–water partition coefficient (Wildman–Crippen LogP) is 4.61. The van der Waals surface area contributed by atoms with Crippen molar-refractivity contribution in [2.75, 3.05) is 7.11 Å². The summed E-state index contributed by atoms with van der Waals surface area (Å²) in [6.07, 6.45) is 0.769. The van der Waals surface area contributed by atoms with E-state index < -0.39 is 0 Å². The van der Waals surface area contributed by atoms with Crippen LogP contribution in [-0.2, 0) is 6.61 Å². The monoisotopic (exact) mass is 398 g/mol. The molecule has 104 valence electrons. The maximum absolute atomic E-state index is 10.8. The van der Waals surface area contributed by atoms with Gasteiger partial charge < -0.3 is 9.47 Å². The maximum atomic E-state index is 10.8. The SMILES string of the molecule is COc1cc(C=O)cc(Br)c1OCc1ccccc1Br. The van der Waals surface area contributed by atoms with Crippen LogP contribution in [0.25, 0.3) is 0 Å². The molecule has 20 heavy (non-hydrogen) atoms. The van der Waals surface area contributed by atoms with Crippen molar-refractivity contribution in [3.05, 3.63) is 56.5 Å². The molecule has 0 amide bonds. The average Bonchev–Trinajstić information content (AvgIpc) is 2.46. The smallest absolute Gasteiger partial charge is 0.175 e. The van der Waals surface area contributed by atoms with Crippen LogP contribution in [0.5, 0.6) is 11.5 Å². The highest BCUT2D eigenvalue weighted by Gasteiger charge is 2.12. The van der Waals surface area contributed by atoms with Crippen LogP contribution in [0.3, 0.4) is 0 Å². The van der Waals surface area contributed by atoms with Crippen molar-refractivity contribution >= 4 is 38.1 Å². The third-order valence-corrected chi connectivity index (χ3v) is 4.08. The van der Waals surface area contributed by atoms with Crippen LogP contribution in [0.4, 0.5) is 0 Å². The van der Waals surface area contributed by atoms with E-state index in [1.54, 1.807) is 19.2 Å². The van der Waals surface area contributed by atoms with Crippen LogP contribution in [0.2, 0.25) is 0 Å². The van der Waals surface area contributed by atoms with E-state index in [2.05, 4.69) is 31.9 Å². The molecular weight excluding hydrogens is 388 g/mol. The number of rotatable bonds is 5. The second-order valence-corrected chi connectivity index (χ2v) is 5.74. The van der Waals surface area contributed by atoms with Gasteiger partial charge >= 0.3 is 0 Å². The first-order valence-electron chi connectivity index (χ1n) is 5.84. The topological polar surface area (TPSA) is 35.5 Å². The maximum Gasteiger partial charge on any atom is 0.175 e. The molecule has 0 saturated carbocycles. The molecular formula is C15H12Br2O3. The van der Waals surface area contributed by atoms with Crippen LogP contribution in [0, 0.1) is 0 Å². The minimum absolute atomic E-state index is 0.400. The van der Waals surface area contributed by atoms with E-state index in [0.717, 1.165) is 16.3 Å². The van der Waals surface area contributed by atoms with Gasteiger partial charge in [-0.3, -0.25) is 4.79 Å². The number of carbonyl (C=O) groups excluding carboxylic acids is 1. The Balaban J connectivity index is 2.25. The lowest BCUT2D eigenvalue weighted by molar-refractivity contribution is 0.112. The minimum Gasteiger partial charge on any atom is -0.493 e. The van der Waals surface area contributed by atoms with Gasteiger partial charge in [0.1, 0.15) is 12.9 Å². The van der Waals surface area contributed by atoms with Gasteiger partial charge in [-0.2, -0.15) is 0 Å². The Morgan fingerprint density at radius 3 is 2.55 bits per heavy atom. The fraction of sp³-hybridized carbons (Fsp3) is 0.133. The lowest BCUT2D eigenvalue weighted by Crippen LogP contribution is -2.00. The number of hydrogen-bond donors (Lipinski definition) is 0. The van der Waals surface area contributed by atoms with Gasteiger partial charge in [0.05, 0.1) is 11.6 Å². The van der Waals surface area contributed by atoms with Crippen molar-refractivity contribution in [3.63, 3.8) is 0 Å². The average molecular weight is 400 g/mol. The highest BCUT2D eigenvalue weighted by Crippen LogP contribution is 2.37. The van der Waals surface area contributed by atoms with E-state index in [1.807, 2.05) is 24.3 Å². The standard InChI is InChI=1S/C15H12Br2O3/c1-19-14-7-10(8-18)6-13(17)15(14)20-9-11-4-2-3-5-12(11)16/h2-8H,9H2,1H3. The number of halogens is 2. The van der Waals surface area contributed by atoms with Crippen LogP contribution >= 0.6 is 31.9 Å². The molecule has 2 aromatic rings. The number of carbonyl (C=O) groups is 1. The lowest BCUT2D eigenvalue weighted by atomic mass is 10.2. The summed E-state index contributed by atoms with van der Waals surface area (Å²) >= 11 is 6.87. The molecule has 0 aromatic heterocycles. The third kappa shape index (κ3) is 3.41. The van der Waals surface area contributed by atoms with E-state index in [9.17, 15) is 4.79 Å². The highest BCUT2D eigenvalue weighted by molar-refractivity contribution is 9.10. The zero-order chi connectivity index (χ0) is 14.5. The molecule has 0 fully saturated rings. The number of hydrogen-bond acceptors (Lipinski definition) is 3. The molecule has 0 aliphatic carbocycles. The molecule has 0 radical (unpaired) electrons. The fourth-order valence-corrected chi connectivity index (χ4v) is 2.69. The molecule has 0 aliphatic rings. The quantitative estimate of drug-likeness (QED) is 0.688. The molecule has 2 rings (SSSR count). The zero-order valence-electron chi connectivity index (χ0n) is 10.7. The van der Waals surface area contributed by atoms with Crippen molar-refractivity contribution in [1.29, 1.82) is 0 Å². The summed E-state index contributed by atoms with van der Waals surface area (Å²) in [6, 6.07) is 11.2. The molecule has 0 spiro atoms. The van der Waals surface area contributed by atoms with E-state index in [0.29, 0.717) is 28.1 Å². The summed E-state index contributed by atoms with van der Waals surface area (Å²) in [5, 5.41) is 0. The normalized spacial score (nSPS) is 10.2. The van der Waals surface area contributed by atoms with Crippen molar-refractivity contribution in [2.45, 2.75) is 6.61 Å². The van der Waals surface area contributed by atoms with E-state index in [4.69, 9.17) is 9.47 Å². The summed E-state index contributed by atoms with van der Waals surface area (Å²) in [4.78, 5) is 10.8. The molecule has 0 atom stereocenters. The van der Waals surface area contributed by atoms with E-state index in [1.165, 1.54) is 0 Å². The molecule has 0 saturated heterocycles. The molecule has 3 nitrogen and oxygen atoms in total. The number of aldehydes is 1. The van der Waals surface area contributed by atoms with Crippen LogP contribution in [0.15, 0.2) is 45.3 Å². The molecule has 0 unspecified atom stereocenters. The van der Waals surface area contributed by atoms with Crippen molar-refractivity contribution < 1.29 is 14.3 Å². The van der Waals surface area contributed by atoms with Gasteiger partial charge in [-0.05, 0) is 34.1 Å². The summed E-state index contributed by atoms with van der Waals surface area (Å²) in [6.45, 7) is 0.400. The third-order valence-electron chi connectivity index (χ3n) is 2.72. The molecule has 2 aromatic carbocycles. The van der Waals surface area contributed by atoms with Crippen LogP contribution < -0.4 is 9.47 Å². The van der Waals surface area contributed by atoms with Crippen molar-refractivity contribution in [2.24, 2.45) is 0 Å². The largest absolute Gasteiger partial charge is 0.493 e. The fourth-order valence-electron chi connectivity index (χ4n) is 1.71. The van der Waals surface area contributed by atoms with Crippen molar-refractivity contribution in [1.82, 2.24) is 0 Å². The molecule has 0 bridgehead atoms. The van der Waals surface area contributed by atoms with E-state index in [-0.39, 0.29) is 0 Å². The summed E-state index contributed by atoms with van der Waals surface area (Å²) < 4.78 is 12.7. The Labute approximate surface area is 134 Å². The van der Waals surface area contributed by atoms with Crippen molar-refractivity contribution in [3.8, 4) is 11.5 Å². The summed E-state index contributed by atoms with van der Waals surface area (Å²) in [5.74, 6) is 1.10. The Morgan fingerprint density at radius 1 is 1.15 bits per heavy atom. The first kappa shape index (κ1) is 15.1. The summed E-state index contributed by atoms with van der Waals surface area (Å²) in [5.41, 5.74) is 1.56. The van der Waals surface area contributed by atoms with Gasteiger partial charge in [0.2, 0.25) is 0 Å². The molecule has 0 N–H and O–H groups in total. The van der Waals surface area contributed by atoms with Gasteiger partial charge in [-0.15, -0.1) is 0 Å². The Kier molecular flexibility index (Phi) is 5.20. The van der Waals surface area contributed by atoms with Gasteiger partial charge in [-0.25, -0.2) is 0 Å². The van der Waals surface area contributed by atoms with Crippen LogP contribution in [-0.4, -0.2) is 13.4 Å². The second-order valence-electron chi connectivity index (χ2n) is 4.03. The minimum atomic E-state index is 0.400. The predicted molar refractivity (Wildman–Crippen MR) is 84.6 cm³/mol. The van der Waals surface area contributed by atoms with Gasteiger partial charge in [0.25, 0.3) is 0 Å². The molecule has 5 heteroatoms. The Bertz CT molecular complexity index is 627. The molecule has 0 aliphatic heterocycles. The van der Waals surface area contributed by atoms with E-state index >= 15 is 0 Å². The lowest BCUT2D eigenvalue weighted by Gasteiger charge is -2.13. The number of benzene rings is 2. The van der Waals surface area contributed by atoms with Crippen LogP contribution in [0.1, 0.15) is 15.9 Å². The highest BCUT2D eigenvalue weighted by atomic mass is 79.9. The second kappa shape index (κ2) is 6.90. The van der Waals surface area contributed by atoms with Gasteiger partial charge in [0, 0.05) is 15.6 Å². The molecule has 0 heterocycles. The zero-order valence-corrected chi connectivity index (χ0v) is 13.9. The van der Waals surface area contributed by atoms with Gasteiger partial charge in [0.15, 0.2) is 11.5 Å². The number of ether oxygens (including phenoxy) is 2.